The molecule has 1 aliphatic heterocycles. The summed E-state index contributed by atoms with van der Waals surface area (Å²) in [6.45, 7) is 10.7. The Bertz CT molecular complexity index is 720. The van der Waals surface area contributed by atoms with E-state index in [1.54, 1.807) is 0 Å². The number of nitrogens with zero attached hydrogens (tertiary/aromatic N) is 2. The van der Waals surface area contributed by atoms with Crippen molar-refractivity contribution in [2.45, 2.75) is 39.5 Å². The highest BCUT2D eigenvalue weighted by Gasteiger charge is 2.21. The third kappa shape index (κ3) is 3.34. The number of benzene rings is 1. The molecule has 1 aliphatic rings. The smallest absolute Gasteiger partial charge is 0.0486 e. The Hall–Kier alpha value is -2.03. The van der Waals surface area contributed by atoms with Gasteiger partial charge in [0.15, 0.2) is 0 Å². The first-order valence-electron chi connectivity index (χ1n) is 8.65. The van der Waals surface area contributed by atoms with Crippen LogP contribution >= 0.6 is 0 Å². The van der Waals surface area contributed by atoms with Crippen LogP contribution in [0.3, 0.4) is 0 Å². The molecule has 0 amide bonds. The molecule has 1 aromatic heterocycles. The van der Waals surface area contributed by atoms with Gasteiger partial charge in [-0.2, -0.15) is 0 Å². The van der Waals surface area contributed by atoms with Crippen LogP contribution in [-0.4, -0.2) is 23.0 Å². The minimum atomic E-state index is 0.646. The van der Waals surface area contributed by atoms with Crippen LogP contribution in [0.25, 0.3) is 10.8 Å². The first kappa shape index (κ1) is 15.9. The number of anilines is 1. The van der Waals surface area contributed by atoms with Gasteiger partial charge in [-0.05, 0) is 67.7 Å². The second-order valence-electron chi connectivity index (χ2n) is 6.77. The molecular weight excluding hydrogens is 282 g/mol. The number of allylic oxidation sites excluding steroid dienone is 1. The van der Waals surface area contributed by atoms with Crippen molar-refractivity contribution in [1.29, 1.82) is 0 Å². The van der Waals surface area contributed by atoms with Gasteiger partial charge in [0.2, 0.25) is 0 Å². The Kier molecular flexibility index (Phi) is 4.56. The van der Waals surface area contributed by atoms with Crippen LogP contribution in [0.2, 0.25) is 0 Å². The van der Waals surface area contributed by atoms with Crippen molar-refractivity contribution in [2.24, 2.45) is 5.92 Å². The number of likely N-dealkylation sites (tertiary alicyclic amines) is 1. The van der Waals surface area contributed by atoms with E-state index in [0.717, 1.165) is 37.2 Å². The van der Waals surface area contributed by atoms with Gasteiger partial charge in [-0.1, -0.05) is 13.5 Å². The monoisotopic (exact) mass is 309 g/mol. The molecule has 1 unspecified atom stereocenters. The largest absolute Gasteiger partial charge is 0.398 e. The Morgan fingerprint density at radius 3 is 3.04 bits per heavy atom. The van der Waals surface area contributed by atoms with E-state index in [1.807, 2.05) is 6.20 Å². The SMILES string of the molecule is C=C(CC)N1CCCC(Cc2nccc3cc(C)c(N)cc23)C1. The molecule has 1 aromatic carbocycles. The lowest BCUT2D eigenvalue weighted by atomic mass is 9.91. The van der Waals surface area contributed by atoms with Crippen LogP contribution in [0, 0.1) is 12.8 Å². The van der Waals surface area contributed by atoms with Gasteiger partial charge in [0.05, 0.1) is 0 Å². The maximum Gasteiger partial charge on any atom is 0.0486 e. The molecule has 0 radical (unpaired) electrons. The van der Waals surface area contributed by atoms with Gasteiger partial charge in [0, 0.05) is 41.8 Å². The van der Waals surface area contributed by atoms with Crippen molar-refractivity contribution in [1.82, 2.24) is 9.88 Å². The first-order valence-corrected chi connectivity index (χ1v) is 8.65. The third-order valence-electron chi connectivity index (χ3n) is 5.09. The summed E-state index contributed by atoms with van der Waals surface area (Å²) in [6, 6.07) is 6.35. The summed E-state index contributed by atoms with van der Waals surface area (Å²) in [5.41, 5.74) is 10.6. The van der Waals surface area contributed by atoms with Gasteiger partial charge >= 0.3 is 0 Å². The number of rotatable bonds is 4. The molecule has 1 saturated heterocycles. The average molecular weight is 309 g/mol. The molecule has 0 bridgehead atoms. The summed E-state index contributed by atoms with van der Waals surface area (Å²) in [7, 11) is 0. The second kappa shape index (κ2) is 6.61. The highest BCUT2D eigenvalue weighted by atomic mass is 15.1. The topological polar surface area (TPSA) is 42.2 Å². The van der Waals surface area contributed by atoms with Gasteiger partial charge in [0.25, 0.3) is 0 Å². The lowest BCUT2D eigenvalue weighted by Gasteiger charge is -2.35. The molecule has 1 fully saturated rings. The fraction of sp³-hybridized carbons (Fsp3) is 0.450. The van der Waals surface area contributed by atoms with Crippen molar-refractivity contribution in [3.63, 3.8) is 0 Å². The fourth-order valence-corrected chi connectivity index (χ4v) is 3.59. The molecule has 2 aromatic rings. The van der Waals surface area contributed by atoms with Crippen LogP contribution < -0.4 is 5.73 Å². The van der Waals surface area contributed by atoms with Crippen molar-refractivity contribution in [3.05, 3.63) is 47.9 Å². The molecule has 2 heterocycles. The number of piperidine rings is 1. The van der Waals surface area contributed by atoms with Crippen LogP contribution in [0.1, 0.15) is 37.4 Å². The van der Waals surface area contributed by atoms with Gasteiger partial charge in [-0.25, -0.2) is 0 Å². The highest BCUT2D eigenvalue weighted by molar-refractivity contribution is 5.88. The number of nitrogen functional groups attached to an aromatic ring is 1. The van der Waals surface area contributed by atoms with E-state index in [-0.39, 0.29) is 0 Å². The molecule has 3 nitrogen and oxygen atoms in total. The van der Waals surface area contributed by atoms with E-state index in [1.165, 1.54) is 35.0 Å². The number of hydrogen-bond acceptors (Lipinski definition) is 3. The van der Waals surface area contributed by atoms with Gasteiger partial charge in [-0.3, -0.25) is 4.98 Å². The van der Waals surface area contributed by atoms with Crippen LogP contribution in [0.15, 0.2) is 36.7 Å². The zero-order valence-electron chi connectivity index (χ0n) is 14.3. The molecule has 122 valence electrons. The highest BCUT2D eigenvalue weighted by Crippen LogP contribution is 2.28. The zero-order valence-corrected chi connectivity index (χ0v) is 14.3. The number of aryl methyl sites for hydroxylation is 1. The van der Waals surface area contributed by atoms with E-state index < -0.39 is 0 Å². The van der Waals surface area contributed by atoms with E-state index in [4.69, 9.17) is 5.73 Å². The summed E-state index contributed by atoms with van der Waals surface area (Å²) in [5.74, 6) is 0.646. The van der Waals surface area contributed by atoms with Crippen LogP contribution in [-0.2, 0) is 6.42 Å². The number of nitrogens with two attached hydrogens (primary N) is 1. The minimum Gasteiger partial charge on any atom is -0.398 e. The molecule has 2 N–H and O–H groups in total. The summed E-state index contributed by atoms with van der Waals surface area (Å²) >= 11 is 0. The van der Waals surface area contributed by atoms with Crippen LogP contribution in [0.4, 0.5) is 5.69 Å². The minimum absolute atomic E-state index is 0.646. The molecule has 23 heavy (non-hydrogen) atoms. The average Bonchev–Trinajstić information content (AvgIpc) is 2.56. The van der Waals surface area contributed by atoms with Gasteiger partial charge in [0.1, 0.15) is 0 Å². The number of hydrogen-bond donors (Lipinski definition) is 1. The molecule has 3 rings (SSSR count). The van der Waals surface area contributed by atoms with Gasteiger partial charge in [-0.15, -0.1) is 0 Å². The Balaban J connectivity index is 1.84. The molecule has 0 saturated carbocycles. The molecular formula is C20H27N3. The summed E-state index contributed by atoms with van der Waals surface area (Å²) in [4.78, 5) is 7.12. The zero-order chi connectivity index (χ0) is 16.4. The van der Waals surface area contributed by atoms with Crippen molar-refractivity contribution < 1.29 is 0 Å². The lowest BCUT2D eigenvalue weighted by molar-refractivity contribution is 0.212. The molecule has 0 aliphatic carbocycles. The molecule has 1 atom stereocenters. The molecule has 0 spiro atoms. The normalized spacial score (nSPS) is 18.3. The van der Waals surface area contributed by atoms with E-state index in [0.29, 0.717) is 5.92 Å². The predicted octanol–water partition coefficient (Wildman–Crippen LogP) is 4.30. The standard InChI is InChI=1S/C20H27N3/c1-4-15(3)23-9-5-6-16(13-23)11-20-18-12-19(21)14(2)10-17(18)7-8-22-20/h7-8,10,12,16H,3-6,9,11,13,21H2,1-2H3. The van der Waals surface area contributed by atoms with Gasteiger partial charge < -0.3 is 10.6 Å². The maximum absolute atomic E-state index is 6.12. The third-order valence-corrected chi connectivity index (χ3v) is 5.09. The van der Waals surface area contributed by atoms with Crippen molar-refractivity contribution in [2.75, 3.05) is 18.8 Å². The number of pyridine rings is 1. The van der Waals surface area contributed by atoms with E-state index in [9.17, 15) is 0 Å². The Morgan fingerprint density at radius 1 is 1.43 bits per heavy atom. The second-order valence-corrected chi connectivity index (χ2v) is 6.77. The number of aromatic nitrogens is 1. The Labute approximate surface area is 139 Å². The summed E-state index contributed by atoms with van der Waals surface area (Å²) < 4.78 is 0. The van der Waals surface area contributed by atoms with E-state index >= 15 is 0 Å². The van der Waals surface area contributed by atoms with Crippen molar-refractivity contribution >= 4 is 16.5 Å². The van der Waals surface area contributed by atoms with E-state index in [2.05, 4.69) is 48.5 Å². The fourth-order valence-electron chi connectivity index (χ4n) is 3.59. The summed E-state index contributed by atoms with van der Waals surface area (Å²) in [6.07, 6.45) is 6.50. The summed E-state index contributed by atoms with van der Waals surface area (Å²) in [5, 5.41) is 2.45. The van der Waals surface area contributed by atoms with Crippen molar-refractivity contribution in [3.8, 4) is 0 Å². The maximum atomic E-state index is 6.12. The lowest BCUT2D eigenvalue weighted by Crippen LogP contribution is -2.35. The predicted molar refractivity (Wildman–Crippen MR) is 98.3 cm³/mol. The quantitative estimate of drug-likeness (QED) is 0.856. The molecule has 3 heteroatoms. The van der Waals surface area contributed by atoms with Crippen LogP contribution in [0.5, 0.6) is 0 Å². The Morgan fingerprint density at radius 2 is 2.26 bits per heavy atom. The number of fused-ring (bicyclic) bond motifs is 1. The first-order chi connectivity index (χ1) is 11.1.